The molecule has 3 aromatic rings. The van der Waals surface area contributed by atoms with Crippen molar-refractivity contribution in [1.29, 1.82) is 0 Å². The quantitative estimate of drug-likeness (QED) is 0.425. The minimum Gasteiger partial charge on any atom is -0.494 e. The first kappa shape index (κ1) is 20.2. The number of esters is 1. The normalized spacial score (nSPS) is 17.5. The number of cyclic esters (lactones) is 1. The van der Waals surface area contributed by atoms with Crippen molar-refractivity contribution in [3.05, 3.63) is 71.4 Å². The summed E-state index contributed by atoms with van der Waals surface area (Å²) in [5.74, 6) is 1.56. The zero-order valence-corrected chi connectivity index (χ0v) is 18.1. The summed E-state index contributed by atoms with van der Waals surface area (Å²) < 4.78 is 11.1. The number of pyridine rings is 1. The third-order valence-electron chi connectivity index (χ3n) is 5.69. The Kier molecular flexibility index (Phi) is 5.58. The molecule has 0 N–H and O–H groups in total. The van der Waals surface area contributed by atoms with Crippen molar-refractivity contribution in [2.45, 2.75) is 26.2 Å². The zero-order valence-electron chi connectivity index (χ0n) is 18.1. The van der Waals surface area contributed by atoms with E-state index < -0.39 is 5.97 Å². The van der Waals surface area contributed by atoms with Crippen molar-refractivity contribution >= 4 is 34.7 Å². The Morgan fingerprint density at radius 2 is 1.88 bits per heavy atom. The molecule has 1 saturated heterocycles. The van der Waals surface area contributed by atoms with Crippen LogP contribution in [0.15, 0.2) is 65.3 Å². The van der Waals surface area contributed by atoms with E-state index in [1.54, 1.807) is 6.08 Å². The number of ether oxygens (including phenoxy) is 2. The highest BCUT2D eigenvalue weighted by atomic mass is 16.6. The molecule has 0 unspecified atom stereocenters. The number of fused-ring (bicyclic) bond motifs is 1. The number of carbonyl (C=O) groups is 1. The van der Waals surface area contributed by atoms with Gasteiger partial charge in [-0.3, -0.25) is 0 Å². The summed E-state index contributed by atoms with van der Waals surface area (Å²) in [5, 5.41) is 0.960. The molecule has 5 rings (SSSR count). The number of carbonyl (C=O) groups excluding carboxylic acids is 1. The lowest BCUT2D eigenvalue weighted by Crippen LogP contribution is -2.30. The fourth-order valence-electron chi connectivity index (χ4n) is 4.14. The van der Waals surface area contributed by atoms with E-state index in [4.69, 9.17) is 14.5 Å². The van der Waals surface area contributed by atoms with Gasteiger partial charge in [-0.05, 0) is 68.7 Å². The molecule has 0 radical (unpaired) electrons. The van der Waals surface area contributed by atoms with Crippen LogP contribution in [-0.4, -0.2) is 36.5 Å². The second-order valence-corrected chi connectivity index (χ2v) is 7.94. The Bertz CT molecular complexity index is 1210. The minimum absolute atomic E-state index is 0.282. The van der Waals surface area contributed by atoms with Gasteiger partial charge in [0.05, 0.1) is 12.1 Å². The molecule has 2 aliphatic heterocycles. The average Bonchev–Trinajstić information content (AvgIpc) is 3.20. The van der Waals surface area contributed by atoms with Gasteiger partial charge < -0.3 is 14.4 Å². The standard InChI is InChI=1S/C26H25N3O3/c1-2-31-21-11-12-22-19(16-21)15-20(24(27-22)29-13-7-4-8-14-29)17-23-26(30)32-25(28-23)18-9-5-3-6-10-18/h3,5-6,9-12,15-17H,2,4,7-8,13-14H2,1H3. The summed E-state index contributed by atoms with van der Waals surface area (Å²) in [7, 11) is 0. The molecule has 0 atom stereocenters. The number of rotatable bonds is 5. The first-order valence-corrected chi connectivity index (χ1v) is 11.1. The van der Waals surface area contributed by atoms with Crippen LogP contribution >= 0.6 is 0 Å². The predicted molar refractivity (Wildman–Crippen MR) is 126 cm³/mol. The zero-order chi connectivity index (χ0) is 21.9. The lowest BCUT2D eigenvalue weighted by molar-refractivity contribution is -0.129. The third kappa shape index (κ3) is 4.08. The molecule has 0 saturated carbocycles. The van der Waals surface area contributed by atoms with E-state index in [1.807, 2.05) is 55.5 Å². The highest BCUT2D eigenvalue weighted by Gasteiger charge is 2.25. The molecule has 0 aliphatic carbocycles. The van der Waals surface area contributed by atoms with Crippen LogP contribution in [0.1, 0.15) is 37.3 Å². The lowest BCUT2D eigenvalue weighted by Gasteiger charge is -2.29. The molecule has 162 valence electrons. The number of anilines is 1. The van der Waals surface area contributed by atoms with Gasteiger partial charge in [0, 0.05) is 29.6 Å². The van der Waals surface area contributed by atoms with Gasteiger partial charge in [-0.1, -0.05) is 18.2 Å². The maximum absolute atomic E-state index is 12.6. The number of hydrogen-bond acceptors (Lipinski definition) is 6. The SMILES string of the molecule is CCOc1ccc2nc(N3CCCCC3)c(C=C3N=C(c4ccccc4)OC3=O)cc2c1. The Hall–Kier alpha value is -3.67. The van der Waals surface area contributed by atoms with Crippen molar-refractivity contribution in [2.24, 2.45) is 4.99 Å². The molecule has 32 heavy (non-hydrogen) atoms. The number of aliphatic imine (C=N–C) groups is 1. The molecular formula is C26H25N3O3. The second kappa shape index (κ2) is 8.83. The van der Waals surface area contributed by atoms with Crippen LogP contribution in [-0.2, 0) is 9.53 Å². The maximum atomic E-state index is 12.6. The first-order chi connectivity index (χ1) is 15.7. The van der Waals surface area contributed by atoms with Crippen LogP contribution < -0.4 is 9.64 Å². The summed E-state index contributed by atoms with van der Waals surface area (Å²) in [4.78, 5) is 24.3. The Morgan fingerprint density at radius 3 is 2.66 bits per heavy atom. The van der Waals surface area contributed by atoms with E-state index in [9.17, 15) is 4.79 Å². The van der Waals surface area contributed by atoms with Crippen LogP contribution in [0.5, 0.6) is 5.75 Å². The molecule has 2 aromatic carbocycles. The van der Waals surface area contributed by atoms with Gasteiger partial charge in [0.1, 0.15) is 11.6 Å². The van der Waals surface area contributed by atoms with E-state index in [1.165, 1.54) is 6.42 Å². The summed E-state index contributed by atoms with van der Waals surface area (Å²) >= 11 is 0. The van der Waals surface area contributed by atoms with Gasteiger partial charge in [0.2, 0.25) is 5.90 Å². The summed E-state index contributed by atoms with van der Waals surface area (Å²) in [6.45, 7) is 4.47. The Morgan fingerprint density at radius 1 is 1.06 bits per heavy atom. The first-order valence-electron chi connectivity index (χ1n) is 11.1. The minimum atomic E-state index is -0.448. The van der Waals surface area contributed by atoms with Crippen molar-refractivity contribution < 1.29 is 14.3 Å². The molecule has 6 nitrogen and oxygen atoms in total. The molecule has 2 aliphatic rings. The van der Waals surface area contributed by atoms with Gasteiger partial charge in [0.25, 0.3) is 0 Å². The molecule has 1 aromatic heterocycles. The van der Waals surface area contributed by atoms with Crippen molar-refractivity contribution in [2.75, 3.05) is 24.6 Å². The Labute approximate surface area is 187 Å². The fourth-order valence-corrected chi connectivity index (χ4v) is 4.14. The molecule has 6 heteroatoms. The van der Waals surface area contributed by atoms with E-state index >= 15 is 0 Å². The van der Waals surface area contributed by atoms with Gasteiger partial charge in [0.15, 0.2) is 5.70 Å². The topological polar surface area (TPSA) is 64.0 Å². The van der Waals surface area contributed by atoms with Crippen molar-refractivity contribution in [3.63, 3.8) is 0 Å². The van der Waals surface area contributed by atoms with Gasteiger partial charge in [-0.15, -0.1) is 0 Å². The number of piperidine rings is 1. The fraction of sp³-hybridized carbons (Fsp3) is 0.269. The largest absolute Gasteiger partial charge is 0.494 e. The lowest BCUT2D eigenvalue weighted by atomic mass is 10.1. The van der Waals surface area contributed by atoms with Gasteiger partial charge in [-0.25, -0.2) is 14.8 Å². The second-order valence-electron chi connectivity index (χ2n) is 7.94. The molecule has 0 amide bonds. The van der Waals surface area contributed by atoms with Crippen LogP contribution in [0.4, 0.5) is 5.82 Å². The van der Waals surface area contributed by atoms with Crippen molar-refractivity contribution in [3.8, 4) is 5.75 Å². The van der Waals surface area contributed by atoms with Gasteiger partial charge in [-0.2, -0.15) is 0 Å². The highest BCUT2D eigenvalue weighted by Crippen LogP contribution is 2.31. The number of nitrogens with zero attached hydrogens (tertiary/aromatic N) is 3. The van der Waals surface area contributed by atoms with E-state index in [2.05, 4.69) is 16.0 Å². The summed E-state index contributed by atoms with van der Waals surface area (Å²) in [5.41, 5.74) is 2.82. The molecule has 1 fully saturated rings. The maximum Gasteiger partial charge on any atom is 0.363 e. The molecule has 0 bridgehead atoms. The van der Waals surface area contributed by atoms with Crippen LogP contribution in [0.25, 0.3) is 17.0 Å². The van der Waals surface area contributed by atoms with E-state index in [0.29, 0.717) is 12.5 Å². The monoisotopic (exact) mass is 427 g/mol. The van der Waals surface area contributed by atoms with Crippen LogP contribution in [0.2, 0.25) is 0 Å². The highest BCUT2D eigenvalue weighted by molar-refractivity contribution is 6.13. The molecule has 3 heterocycles. The summed E-state index contributed by atoms with van der Waals surface area (Å²) in [6.07, 6.45) is 5.30. The van der Waals surface area contributed by atoms with E-state index in [-0.39, 0.29) is 5.70 Å². The smallest absolute Gasteiger partial charge is 0.363 e. The van der Waals surface area contributed by atoms with E-state index in [0.717, 1.165) is 59.5 Å². The average molecular weight is 428 g/mol. The predicted octanol–water partition coefficient (Wildman–Crippen LogP) is 4.97. The number of hydrogen-bond donors (Lipinski definition) is 0. The number of aromatic nitrogens is 1. The van der Waals surface area contributed by atoms with Crippen molar-refractivity contribution in [1.82, 2.24) is 4.98 Å². The van der Waals surface area contributed by atoms with Gasteiger partial charge >= 0.3 is 5.97 Å². The molecular weight excluding hydrogens is 402 g/mol. The number of benzene rings is 2. The Balaban J connectivity index is 1.60. The van der Waals surface area contributed by atoms with Crippen LogP contribution in [0, 0.1) is 0 Å². The summed E-state index contributed by atoms with van der Waals surface area (Å²) in [6, 6.07) is 17.4. The van der Waals surface area contributed by atoms with Crippen LogP contribution in [0.3, 0.4) is 0 Å². The third-order valence-corrected chi connectivity index (χ3v) is 5.69. The molecule has 0 spiro atoms.